The van der Waals surface area contributed by atoms with Gasteiger partial charge < -0.3 is 5.11 Å². The van der Waals surface area contributed by atoms with Crippen LogP contribution >= 0.6 is 0 Å². The Hall–Kier alpha value is -2.34. The molecule has 1 aromatic heterocycles. The molecule has 1 heterocycles. The molecule has 0 aromatic carbocycles. The predicted molar refractivity (Wildman–Crippen MR) is 70.5 cm³/mol. The van der Waals surface area contributed by atoms with E-state index >= 15 is 0 Å². The van der Waals surface area contributed by atoms with Gasteiger partial charge in [-0.3, -0.25) is 20.1 Å². The van der Waals surface area contributed by atoms with E-state index in [0.29, 0.717) is 18.7 Å². The summed E-state index contributed by atoms with van der Waals surface area (Å²) in [5, 5.41) is 20.3. The summed E-state index contributed by atoms with van der Waals surface area (Å²) in [6.45, 7) is 0.429. The summed E-state index contributed by atoms with van der Waals surface area (Å²) in [4.78, 5) is 18.5. The van der Waals surface area contributed by atoms with E-state index in [1.807, 2.05) is 18.2 Å². The molecule has 0 saturated heterocycles. The number of hydrogen-bond donors (Lipinski definition) is 1. The third-order valence-corrected chi connectivity index (χ3v) is 2.65. The summed E-state index contributed by atoms with van der Waals surface area (Å²) in [6, 6.07) is 5.60. The number of rotatable bonds is 4. The maximum Gasteiger partial charge on any atom is 0.271 e. The lowest BCUT2D eigenvalue weighted by Crippen LogP contribution is -2.21. The molecule has 0 spiro atoms. The molecule has 2 rings (SSSR count). The molecule has 6 nitrogen and oxygen atoms in total. The molecule has 1 atom stereocenters. The number of nitro groups is 1. The van der Waals surface area contributed by atoms with Gasteiger partial charge in [0.05, 0.1) is 10.6 Å². The minimum absolute atomic E-state index is 0.0677. The Kier molecular flexibility index (Phi) is 4.15. The van der Waals surface area contributed by atoms with Gasteiger partial charge in [0, 0.05) is 37.0 Å². The van der Waals surface area contributed by atoms with Crippen LogP contribution in [0.1, 0.15) is 5.69 Å². The van der Waals surface area contributed by atoms with Gasteiger partial charge in [0.25, 0.3) is 5.70 Å². The van der Waals surface area contributed by atoms with Gasteiger partial charge in [0.15, 0.2) is 0 Å². The topological polar surface area (TPSA) is 88.6 Å². The van der Waals surface area contributed by atoms with Gasteiger partial charge in [-0.15, -0.1) is 0 Å². The Bertz CT molecular complexity index is 550. The normalized spacial score (nSPS) is 20.4. The first-order chi connectivity index (χ1) is 9.16. The van der Waals surface area contributed by atoms with E-state index in [4.69, 9.17) is 0 Å². The fraction of sp³-hybridized carbons (Fsp3) is 0.231. The van der Waals surface area contributed by atoms with Gasteiger partial charge in [0.2, 0.25) is 0 Å². The van der Waals surface area contributed by atoms with Crippen LogP contribution < -0.4 is 0 Å². The Morgan fingerprint density at radius 3 is 3.00 bits per heavy atom. The first kappa shape index (κ1) is 13.1. The van der Waals surface area contributed by atoms with Crippen molar-refractivity contribution in [1.29, 1.82) is 0 Å². The van der Waals surface area contributed by atoms with Crippen LogP contribution in [0.15, 0.2) is 53.3 Å². The summed E-state index contributed by atoms with van der Waals surface area (Å²) in [6.07, 6.45) is 5.38. The Morgan fingerprint density at radius 2 is 2.32 bits per heavy atom. The van der Waals surface area contributed by atoms with Crippen molar-refractivity contribution in [1.82, 2.24) is 4.98 Å². The Morgan fingerprint density at radius 1 is 1.47 bits per heavy atom. The molecule has 1 unspecified atom stereocenters. The van der Waals surface area contributed by atoms with E-state index in [9.17, 15) is 15.2 Å². The fourth-order valence-electron chi connectivity index (χ4n) is 1.67. The highest BCUT2D eigenvalue weighted by Crippen LogP contribution is 2.10. The first-order valence-corrected chi connectivity index (χ1v) is 5.83. The second kappa shape index (κ2) is 6.01. The van der Waals surface area contributed by atoms with Crippen LogP contribution in [0.5, 0.6) is 0 Å². The third-order valence-electron chi connectivity index (χ3n) is 2.65. The maximum atomic E-state index is 10.6. The van der Waals surface area contributed by atoms with Crippen LogP contribution in [-0.2, 0) is 6.42 Å². The number of aliphatic hydroxyl groups excluding tert-OH is 1. The lowest BCUT2D eigenvalue weighted by molar-refractivity contribution is -0.419. The molecular weight excluding hydrogens is 246 g/mol. The minimum Gasteiger partial charge on any atom is -0.383 e. The lowest BCUT2D eigenvalue weighted by atomic mass is 10.1. The molecule has 6 heteroatoms. The number of hydrogen-bond acceptors (Lipinski definition) is 5. The summed E-state index contributed by atoms with van der Waals surface area (Å²) in [5.74, 6) is 0. The highest BCUT2D eigenvalue weighted by molar-refractivity contribution is 6.01. The second-order valence-corrected chi connectivity index (χ2v) is 4.01. The van der Waals surface area contributed by atoms with Gasteiger partial charge in [-0.2, -0.15) is 0 Å². The summed E-state index contributed by atoms with van der Waals surface area (Å²) in [5.41, 5.74) is 1.14. The van der Waals surface area contributed by atoms with Crippen molar-refractivity contribution in [3.05, 3.63) is 64.1 Å². The number of aliphatic hydroxyl groups is 1. The van der Waals surface area contributed by atoms with Gasteiger partial charge in [-0.1, -0.05) is 6.07 Å². The molecule has 0 fully saturated rings. The maximum absolute atomic E-state index is 10.6. The average molecular weight is 259 g/mol. The quantitative estimate of drug-likeness (QED) is 0.649. The van der Waals surface area contributed by atoms with Gasteiger partial charge in [-0.05, 0) is 18.2 Å². The van der Waals surface area contributed by atoms with E-state index < -0.39 is 11.0 Å². The Labute approximate surface area is 110 Å². The van der Waals surface area contributed by atoms with Crippen LogP contribution in [0.4, 0.5) is 0 Å². The van der Waals surface area contributed by atoms with Crippen molar-refractivity contribution in [2.75, 3.05) is 6.54 Å². The van der Waals surface area contributed by atoms with Crippen LogP contribution in [0, 0.1) is 10.1 Å². The molecular formula is C13H13N3O3. The molecule has 0 amide bonds. The summed E-state index contributed by atoms with van der Waals surface area (Å²) >= 11 is 0. The van der Waals surface area contributed by atoms with E-state index in [2.05, 4.69) is 9.98 Å². The van der Waals surface area contributed by atoms with Crippen LogP contribution in [0.3, 0.4) is 0 Å². The Balaban J connectivity index is 2.02. The van der Waals surface area contributed by atoms with Crippen molar-refractivity contribution in [2.24, 2.45) is 4.99 Å². The molecule has 98 valence electrons. The van der Waals surface area contributed by atoms with Crippen molar-refractivity contribution in [2.45, 2.75) is 12.5 Å². The largest absolute Gasteiger partial charge is 0.383 e. The smallest absolute Gasteiger partial charge is 0.271 e. The third kappa shape index (κ3) is 3.56. The molecule has 0 radical (unpaired) electrons. The number of aliphatic imine (C=N–C) groups is 1. The zero-order valence-electron chi connectivity index (χ0n) is 10.1. The highest BCUT2D eigenvalue weighted by atomic mass is 16.6. The monoisotopic (exact) mass is 259 g/mol. The van der Waals surface area contributed by atoms with Crippen molar-refractivity contribution < 1.29 is 10.0 Å². The van der Waals surface area contributed by atoms with Gasteiger partial charge >= 0.3 is 0 Å². The molecule has 0 saturated carbocycles. The fourth-order valence-corrected chi connectivity index (χ4v) is 1.67. The van der Waals surface area contributed by atoms with E-state index in [1.165, 1.54) is 18.2 Å². The number of nitrogens with zero attached hydrogens (tertiary/aromatic N) is 3. The van der Waals surface area contributed by atoms with E-state index in [0.717, 1.165) is 5.69 Å². The second-order valence-electron chi connectivity index (χ2n) is 4.01. The van der Waals surface area contributed by atoms with Crippen molar-refractivity contribution in [3.63, 3.8) is 0 Å². The van der Waals surface area contributed by atoms with Crippen molar-refractivity contribution >= 4 is 5.71 Å². The van der Waals surface area contributed by atoms with Crippen LogP contribution in [0.25, 0.3) is 0 Å². The van der Waals surface area contributed by atoms with Gasteiger partial charge in [0.1, 0.15) is 6.10 Å². The lowest BCUT2D eigenvalue weighted by Gasteiger charge is -2.09. The first-order valence-electron chi connectivity index (χ1n) is 5.83. The SMILES string of the molecule is O=[N+]([O-])C1=CC(=NCCc2ccccn2)C(O)C=C1. The van der Waals surface area contributed by atoms with Crippen molar-refractivity contribution in [3.8, 4) is 0 Å². The van der Waals surface area contributed by atoms with Crippen LogP contribution in [0.2, 0.25) is 0 Å². The molecule has 0 aliphatic heterocycles. The average Bonchev–Trinajstić information content (AvgIpc) is 2.42. The standard InChI is InChI=1S/C13H13N3O3/c17-13-5-4-11(16(18)19)9-12(13)15-8-6-10-3-1-2-7-14-10/h1-5,7,9,13,17H,6,8H2. The van der Waals surface area contributed by atoms with E-state index in [-0.39, 0.29) is 5.70 Å². The molecule has 1 N–H and O–H groups in total. The predicted octanol–water partition coefficient (Wildman–Crippen LogP) is 1.16. The number of allylic oxidation sites excluding steroid dienone is 1. The molecule has 1 aromatic rings. The molecule has 1 aliphatic carbocycles. The zero-order chi connectivity index (χ0) is 13.7. The highest BCUT2D eigenvalue weighted by Gasteiger charge is 2.18. The molecule has 19 heavy (non-hydrogen) atoms. The molecule has 1 aliphatic rings. The van der Waals surface area contributed by atoms with Crippen LogP contribution in [-0.4, -0.2) is 33.4 Å². The van der Waals surface area contributed by atoms with E-state index in [1.54, 1.807) is 6.20 Å². The zero-order valence-corrected chi connectivity index (χ0v) is 10.1. The number of pyridine rings is 1. The molecule has 0 bridgehead atoms. The summed E-state index contributed by atoms with van der Waals surface area (Å²) in [7, 11) is 0. The summed E-state index contributed by atoms with van der Waals surface area (Å²) < 4.78 is 0. The number of aromatic nitrogens is 1. The minimum atomic E-state index is -0.882. The van der Waals surface area contributed by atoms with Gasteiger partial charge in [-0.25, -0.2) is 0 Å².